The molecule has 200 valence electrons. The van der Waals surface area contributed by atoms with Crippen LogP contribution in [0.4, 0.5) is 14.5 Å². The Kier molecular flexibility index (Phi) is 7.14. The number of rotatable bonds is 9. The van der Waals surface area contributed by atoms with Crippen LogP contribution >= 0.6 is 0 Å². The number of nitrogens with zero attached hydrogens (tertiary/aromatic N) is 7. The van der Waals surface area contributed by atoms with Gasteiger partial charge < -0.3 is 19.7 Å². The van der Waals surface area contributed by atoms with E-state index in [9.17, 15) is 13.6 Å². The topological polar surface area (TPSA) is 112 Å². The van der Waals surface area contributed by atoms with E-state index in [2.05, 4.69) is 25.5 Å². The number of halogens is 2. The van der Waals surface area contributed by atoms with Crippen LogP contribution in [0.15, 0.2) is 67.5 Å². The second kappa shape index (κ2) is 10.8. The third-order valence-electron chi connectivity index (χ3n) is 5.53. The molecule has 5 rings (SSSR count). The maximum Gasteiger partial charge on any atom is 0.387 e. The van der Waals surface area contributed by atoms with Crippen LogP contribution < -0.4 is 14.8 Å². The van der Waals surface area contributed by atoms with Crippen molar-refractivity contribution >= 4 is 17.2 Å². The minimum Gasteiger partial charge on any atom is -0.456 e. The average molecular weight is 535 g/mol. The highest BCUT2D eigenvalue weighted by molar-refractivity contribution is 6.09. The maximum absolute atomic E-state index is 13.3. The van der Waals surface area contributed by atoms with Gasteiger partial charge in [0.05, 0.1) is 23.6 Å². The Morgan fingerprint density at radius 3 is 2.79 bits per heavy atom. The van der Waals surface area contributed by atoms with Crippen LogP contribution in [0, 0.1) is 0 Å². The summed E-state index contributed by atoms with van der Waals surface area (Å²) in [5.74, 6) is 0.178. The Bertz CT molecular complexity index is 1630. The Balaban J connectivity index is 1.49. The SMILES string of the molecule is CN(C)Cc1cncc(Oc2ccc(OC(F)F)c(-c3nn(C)cc3NC(=O)c3cnn4cccnc34)c2)c1. The van der Waals surface area contributed by atoms with E-state index in [1.54, 1.807) is 44.1 Å². The van der Waals surface area contributed by atoms with E-state index in [1.807, 2.05) is 25.1 Å². The number of aryl methyl sites for hydroxylation is 1. The second-order valence-electron chi connectivity index (χ2n) is 8.87. The van der Waals surface area contributed by atoms with Crippen LogP contribution in [0.3, 0.4) is 0 Å². The number of aromatic nitrogens is 6. The van der Waals surface area contributed by atoms with Gasteiger partial charge in [-0.15, -0.1) is 0 Å². The van der Waals surface area contributed by atoms with E-state index in [-0.39, 0.29) is 28.3 Å². The van der Waals surface area contributed by atoms with Crippen LogP contribution in [0.25, 0.3) is 16.9 Å². The van der Waals surface area contributed by atoms with Crippen molar-refractivity contribution in [1.82, 2.24) is 34.3 Å². The van der Waals surface area contributed by atoms with Crippen molar-refractivity contribution in [3.63, 3.8) is 0 Å². The molecular weight excluding hydrogens is 510 g/mol. The standard InChI is InChI=1S/C26H24F2N8O3/c1-34(2)14-16-9-18(12-29-11-16)38-17-5-6-22(39-26(27)28)19(10-17)23-21(15-35(3)33-23)32-25(37)20-13-31-36-8-4-7-30-24(20)36/h4-13,15,26H,14H2,1-3H3,(H,32,37). The summed E-state index contributed by atoms with van der Waals surface area (Å²) in [5.41, 5.74) is 2.20. The van der Waals surface area contributed by atoms with E-state index in [0.29, 0.717) is 23.7 Å². The lowest BCUT2D eigenvalue weighted by atomic mass is 10.1. The van der Waals surface area contributed by atoms with Gasteiger partial charge in [-0.3, -0.25) is 14.5 Å². The predicted molar refractivity (Wildman–Crippen MR) is 138 cm³/mol. The molecule has 0 radical (unpaired) electrons. The monoisotopic (exact) mass is 534 g/mol. The molecule has 0 fully saturated rings. The lowest BCUT2D eigenvalue weighted by Gasteiger charge is -2.14. The predicted octanol–water partition coefficient (Wildman–Crippen LogP) is 4.23. The lowest BCUT2D eigenvalue weighted by Crippen LogP contribution is -2.12. The highest BCUT2D eigenvalue weighted by atomic mass is 19.3. The van der Waals surface area contributed by atoms with Gasteiger partial charge in [-0.25, -0.2) is 9.50 Å². The van der Waals surface area contributed by atoms with Crippen LogP contribution in [-0.4, -0.2) is 60.9 Å². The molecule has 1 aromatic carbocycles. The number of carbonyl (C=O) groups is 1. The first-order chi connectivity index (χ1) is 18.8. The number of nitrogens with one attached hydrogen (secondary N) is 1. The largest absolute Gasteiger partial charge is 0.456 e. The minimum absolute atomic E-state index is 0.135. The number of pyridine rings is 1. The van der Waals surface area contributed by atoms with Crippen molar-refractivity contribution in [3.8, 4) is 28.5 Å². The Morgan fingerprint density at radius 1 is 1.15 bits per heavy atom. The number of hydrogen-bond donors (Lipinski definition) is 1. The number of ether oxygens (including phenoxy) is 2. The first-order valence-corrected chi connectivity index (χ1v) is 11.8. The summed E-state index contributed by atoms with van der Waals surface area (Å²) < 4.78 is 40.3. The molecule has 11 nitrogen and oxygen atoms in total. The van der Waals surface area contributed by atoms with E-state index >= 15 is 0 Å². The number of alkyl halides is 2. The molecule has 0 saturated carbocycles. The lowest BCUT2D eigenvalue weighted by molar-refractivity contribution is -0.0494. The van der Waals surface area contributed by atoms with Gasteiger partial charge in [-0.2, -0.15) is 19.0 Å². The first kappa shape index (κ1) is 25.7. The van der Waals surface area contributed by atoms with Crippen LogP contribution in [-0.2, 0) is 13.6 Å². The highest BCUT2D eigenvalue weighted by Crippen LogP contribution is 2.38. The molecule has 0 aliphatic carbocycles. The molecule has 0 unspecified atom stereocenters. The van der Waals surface area contributed by atoms with Crippen molar-refractivity contribution in [1.29, 1.82) is 0 Å². The second-order valence-corrected chi connectivity index (χ2v) is 8.87. The molecular formula is C26H24F2N8O3. The molecule has 1 amide bonds. The zero-order valence-electron chi connectivity index (χ0n) is 21.2. The number of benzene rings is 1. The smallest absolute Gasteiger partial charge is 0.387 e. The number of carbonyl (C=O) groups excluding carboxylic acids is 1. The summed E-state index contributed by atoms with van der Waals surface area (Å²) in [7, 11) is 5.53. The molecule has 39 heavy (non-hydrogen) atoms. The molecule has 0 aliphatic rings. The molecule has 0 aliphatic heterocycles. The zero-order valence-corrected chi connectivity index (χ0v) is 21.2. The summed E-state index contributed by atoms with van der Waals surface area (Å²) >= 11 is 0. The minimum atomic E-state index is -3.07. The third-order valence-corrected chi connectivity index (χ3v) is 5.53. The fourth-order valence-electron chi connectivity index (χ4n) is 4.02. The van der Waals surface area contributed by atoms with Gasteiger partial charge in [0.1, 0.15) is 28.5 Å². The fourth-order valence-corrected chi connectivity index (χ4v) is 4.02. The highest BCUT2D eigenvalue weighted by Gasteiger charge is 2.22. The molecule has 5 aromatic rings. The maximum atomic E-state index is 13.3. The van der Waals surface area contributed by atoms with Crippen LogP contribution in [0.1, 0.15) is 15.9 Å². The number of anilines is 1. The van der Waals surface area contributed by atoms with Gasteiger partial charge in [0.2, 0.25) is 0 Å². The van der Waals surface area contributed by atoms with Crippen molar-refractivity contribution < 1.29 is 23.0 Å². The molecule has 0 bridgehead atoms. The number of amides is 1. The van der Waals surface area contributed by atoms with Crippen molar-refractivity contribution in [3.05, 3.63) is 78.6 Å². The Morgan fingerprint density at radius 2 is 2.00 bits per heavy atom. The summed E-state index contributed by atoms with van der Waals surface area (Å²) in [5, 5.41) is 11.3. The number of hydrogen-bond acceptors (Lipinski definition) is 8. The van der Waals surface area contributed by atoms with Gasteiger partial charge in [-0.05, 0) is 50.0 Å². The fraction of sp³-hybridized carbons (Fsp3) is 0.192. The van der Waals surface area contributed by atoms with Crippen molar-refractivity contribution in [2.75, 3.05) is 19.4 Å². The quantitative estimate of drug-likeness (QED) is 0.299. The summed E-state index contributed by atoms with van der Waals surface area (Å²) in [6.45, 7) is -2.41. The normalized spacial score (nSPS) is 11.4. The van der Waals surface area contributed by atoms with Crippen LogP contribution in [0.2, 0.25) is 0 Å². The van der Waals surface area contributed by atoms with Crippen molar-refractivity contribution in [2.45, 2.75) is 13.2 Å². The molecule has 1 N–H and O–H groups in total. The van der Waals surface area contributed by atoms with E-state index in [0.717, 1.165) is 5.56 Å². The van der Waals surface area contributed by atoms with E-state index < -0.39 is 12.5 Å². The molecule has 0 saturated heterocycles. The van der Waals surface area contributed by atoms with Gasteiger partial charge >= 0.3 is 6.61 Å². The van der Waals surface area contributed by atoms with Gasteiger partial charge in [0.15, 0.2) is 5.65 Å². The van der Waals surface area contributed by atoms with Gasteiger partial charge in [-0.1, -0.05) is 0 Å². The Hall–Kier alpha value is -4.91. The summed E-state index contributed by atoms with van der Waals surface area (Å²) in [4.78, 5) is 23.5. The first-order valence-electron chi connectivity index (χ1n) is 11.8. The molecule has 0 spiro atoms. The average Bonchev–Trinajstić information content (AvgIpc) is 3.47. The summed E-state index contributed by atoms with van der Waals surface area (Å²) in [6.07, 6.45) is 9.46. The number of fused-ring (bicyclic) bond motifs is 1. The Labute approximate surface area is 221 Å². The van der Waals surface area contributed by atoms with Gasteiger partial charge in [0, 0.05) is 38.4 Å². The van der Waals surface area contributed by atoms with Crippen molar-refractivity contribution in [2.24, 2.45) is 7.05 Å². The summed E-state index contributed by atoms with van der Waals surface area (Å²) in [6, 6.07) is 7.92. The van der Waals surface area contributed by atoms with E-state index in [1.165, 1.54) is 33.6 Å². The molecule has 4 heterocycles. The molecule has 0 atom stereocenters. The van der Waals surface area contributed by atoms with Gasteiger partial charge in [0.25, 0.3) is 5.91 Å². The molecule has 4 aromatic heterocycles. The zero-order chi connectivity index (χ0) is 27.5. The molecule has 13 heteroatoms. The van der Waals surface area contributed by atoms with Crippen LogP contribution in [0.5, 0.6) is 17.2 Å². The van der Waals surface area contributed by atoms with E-state index in [4.69, 9.17) is 9.47 Å². The third kappa shape index (κ3) is 5.83.